The number of nitrogens with zero attached hydrogens (tertiary/aromatic N) is 3. The van der Waals surface area contributed by atoms with Gasteiger partial charge in [0.15, 0.2) is 0 Å². The number of aromatic nitrogens is 2. The van der Waals surface area contributed by atoms with Gasteiger partial charge in [0.25, 0.3) is 0 Å². The summed E-state index contributed by atoms with van der Waals surface area (Å²) in [5.74, 6) is 0. The SMILES string of the molecule is CC1CN(C(=O)Nc2cnn(Cc3ccccc3)c2)CC2(CCOCC2)O1. The molecule has 27 heavy (non-hydrogen) atoms. The van der Waals surface area contributed by atoms with E-state index in [1.165, 1.54) is 5.56 Å². The Morgan fingerprint density at radius 2 is 2.07 bits per heavy atom. The summed E-state index contributed by atoms with van der Waals surface area (Å²) >= 11 is 0. The standard InChI is InChI=1S/C20H26N4O3/c1-16-12-23(15-20(27-16)7-9-26-10-8-20)19(25)22-18-11-21-24(14-18)13-17-5-3-2-4-6-17/h2-6,11,14,16H,7-10,12-13,15H2,1H3,(H,22,25). The van der Waals surface area contributed by atoms with Gasteiger partial charge in [-0.05, 0) is 12.5 Å². The van der Waals surface area contributed by atoms with Crippen molar-refractivity contribution in [2.24, 2.45) is 0 Å². The minimum absolute atomic E-state index is 0.0170. The zero-order valence-corrected chi connectivity index (χ0v) is 15.6. The number of morpholine rings is 1. The van der Waals surface area contributed by atoms with Gasteiger partial charge in [-0.25, -0.2) is 4.79 Å². The molecule has 3 heterocycles. The normalized spacial score (nSPS) is 22.0. The van der Waals surface area contributed by atoms with E-state index >= 15 is 0 Å². The highest BCUT2D eigenvalue weighted by atomic mass is 16.5. The second-order valence-corrected chi connectivity index (χ2v) is 7.45. The highest BCUT2D eigenvalue weighted by Gasteiger charge is 2.42. The second kappa shape index (κ2) is 7.70. The Kier molecular flexibility index (Phi) is 5.13. The number of amides is 2. The lowest BCUT2D eigenvalue weighted by Gasteiger charge is -2.47. The summed E-state index contributed by atoms with van der Waals surface area (Å²) in [7, 11) is 0. The number of carbonyl (C=O) groups is 1. The molecule has 2 fully saturated rings. The summed E-state index contributed by atoms with van der Waals surface area (Å²) < 4.78 is 13.5. The molecular weight excluding hydrogens is 344 g/mol. The minimum atomic E-state index is -0.273. The van der Waals surface area contributed by atoms with Crippen LogP contribution in [0.15, 0.2) is 42.7 Å². The number of carbonyl (C=O) groups excluding carboxylic acids is 1. The zero-order valence-electron chi connectivity index (χ0n) is 15.6. The fourth-order valence-electron chi connectivity index (χ4n) is 3.89. The van der Waals surface area contributed by atoms with Gasteiger partial charge in [0.05, 0.1) is 36.7 Å². The molecule has 1 N–H and O–H groups in total. The van der Waals surface area contributed by atoms with E-state index in [2.05, 4.69) is 22.5 Å². The highest BCUT2D eigenvalue weighted by Crippen LogP contribution is 2.31. The van der Waals surface area contributed by atoms with Crippen LogP contribution in [-0.2, 0) is 16.0 Å². The molecular formula is C20H26N4O3. The molecule has 0 saturated carbocycles. The van der Waals surface area contributed by atoms with E-state index in [9.17, 15) is 4.79 Å². The Labute approximate surface area is 159 Å². The van der Waals surface area contributed by atoms with E-state index in [0.29, 0.717) is 38.5 Å². The predicted molar refractivity (Wildman–Crippen MR) is 102 cm³/mol. The molecule has 1 spiro atoms. The number of benzene rings is 1. The first-order chi connectivity index (χ1) is 13.1. The monoisotopic (exact) mass is 370 g/mol. The van der Waals surface area contributed by atoms with Crippen molar-refractivity contribution < 1.29 is 14.3 Å². The maximum atomic E-state index is 12.8. The molecule has 2 saturated heterocycles. The molecule has 2 aliphatic rings. The number of hydrogen-bond donors (Lipinski definition) is 1. The molecule has 2 aliphatic heterocycles. The van der Waals surface area contributed by atoms with Gasteiger partial charge in [0.2, 0.25) is 0 Å². The van der Waals surface area contributed by atoms with E-state index in [1.807, 2.05) is 40.9 Å². The number of hydrogen-bond acceptors (Lipinski definition) is 4. The fourth-order valence-corrected chi connectivity index (χ4v) is 3.89. The van der Waals surface area contributed by atoms with Gasteiger partial charge in [-0.2, -0.15) is 5.10 Å². The van der Waals surface area contributed by atoms with E-state index in [0.717, 1.165) is 12.8 Å². The number of anilines is 1. The Bertz CT molecular complexity index is 771. The van der Waals surface area contributed by atoms with E-state index in [4.69, 9.17) is 9.47 Å². The van der Waals surface area contributed by atoms with Crippen molar-refractivity contribution >= 4 is 11.7 Å². The second-order valence-electron chi connectivity index (χ2n) is 7.45. The Hall–Kier alpha value is -2.38. The summed E-state index contributed by atoms with van der Waals surface area (Å²) in [6, 6.07) is 10.0. The lowest BCUT2D eigenvalue weighted by atomic mass is 9.91. The topological polar surface area (TPSA) is 68.6 Å². The third-order valence-corrected chi connectivity index (χ3v) is 5.17. The molecule has 0 radical (unpaired) electrons. The zero-order chi connectivity index (χ0) is 18.7. The summed E-state index contributed by atoms with van der Waals surface area (Å²) in [5.41, 5.74) is 1.60. The molecule has 0 aliphatic carbocycles. The molecule has 1 unspecified atom stereocenters. The van der Waals surface area contributed by atoms with Crippen LogP contribution in [0.1, 0.15) is 25.3 Å². The van der Waals surface area contributed by atoms with Crippen LogP contribution < -0.4 is 5.32 Å². The number of nitrogens with one attached hydrogen (secondary N) is 1. The van der Waals surface area contributed by atoms with Crippen molar-refractivity contribution in [3.05, 3.63) is 48.3 Å². The molecule has 2 amide bonds. The average molecular weight is 370 g/mol. The van der Waals surface area contributed by atoms with Crippen LogP contribution in [0.4, 0.5) is 10.5 Å². The van der Waals surface area contributed by atoms with Gasteiger partial charge in [-0.3, -0.25) is 4.68 Å². The van der Waals surface area contributed by atoms with E-state index in [1.54, 1.807) is 6.20 Å². The van der Waals surface area contributed by atoms with Gasteiger partial charge in [-0.15, -0.1) is 0 Å². The molecule has 1 aromatic heterocycles. The fraction of sp³-hybridized carbons (Fsp3) is 0.500. The maximum Gasteiger partial charge on any atom is 0.322 e. The summed E-state index contributed by atoms with van der Waals surface area (Å²) in [6.07, 6.45) is 5.23. The van der Waals surface area contributed by atoms with Crippen molar-refractivity contribution in [3.63, 3.8) is 0 Å². The van der Waals surface area contributed by atoms with Gasteiger partial charge < -0.3 is 19.7 Å². The molecule has 0 bridgehead atoms. The summed E-state index contributed by atoms with van der Waals surface area (Å²) in [4.78, 5) is 14.7. The predicted octanol–water partition coefficient (Wildman–Crippen LogP) is 2.73. The highest BCUT2D eigenvalue weighted by molar-refractivity contribution is 5.89. The van der Waals surface area contributed by atoms with Crippen molar-refractivity contribution in [1.29, 1.82) is 0 Å². The Morgan fingerprint density at radius 1 is 1.30 bits per heavy atom. The van der Waals surface area contributed by atoms with Gasteiger partial charge in [-0.1, -0.05) is 30.3 Å². The van der Waals surface area contributed by atoms with Gasteiger partial charge >= 0.3 is 6.03 Å². The molecule has 4 rings (SSSR count). The first-order valence-corrected chi connectivity index (χ1v) is 9.50. The Balaban J connectivity index is 1.38. The van der Waals surface area contributed by atoms with Crippen LogP contribution in [0.5, 0.6) is 0 Å². The van der Waals surface area contributed by atoms with Crippen molar-refractivity contribution in [3.8, 4) is 0 Å². The van der Waals surface area contributed by atoms with Crippen LogP contribution in [0, 0.1) is 0 Å². The van der Waals surface area contributed by atoms with Crippen molar-refractivity contribution in [2.75, 3.05) is 31.6 Å². The average Bonchev–Trinajstić information content (AvgIpc) is 3.09. The van der Waals surface area contributed by atoms with Crippen LogP contribution in [0.3, 0.4) is 0 Å². The number of rotatable bonds is 3. The minimum Gasteiger partial charge on any atom is -0.381 e. The van der Waals surface area contributed by atoms with Crippen molar-refractivity contribution in [2.45, 2.75) is 38.0 Å². The van der Waals surface area contributed by atoms with Gasteiger partial charge in [0, 0.05) is 38.8 Å². The number of ether oxygens (including phenoxy) is 2. The summed E-state index contributed by atoms with van der Waals surface area (Å²) in [6.45, 7) is 5.27. The van der Waals surface area contributed by atoms with Crippen LogP contribution in [0.25, 0.3) is 0 Å². The third kappa shape index (κ3) is 4.31. The summed E-state index contributed by atoms with van der Waals surface area (Å²) in [5, 5.41) is 7.33. The largest absolute Gasteiger partial charge is 0.381 e. The smallest absolute Gasteiger partial charge is 0.322 e. The lowest BCUT2D eigenvalue weighted by Crippen LogP contribution is -2.59. The van der Waals surface area contributed by atoms with Crippen LogP contribution >= 0.6 is 0 Å². The third-order valence-electron chi connectivity index (χ3n) is 5.17. The molecule has 1 atom stereocenters. The van der Waals surface area contributed by atoms with Crippen LogP contribution in [0.2, 0.25) is 0 Å². The quantitative estimate of drug-likeness (QED) is 0.902. The van der Waals surface area contributed by atoms with E-state index < -0.39 is 0 Å². The molecule has 7 heteroatoms. The molecule has 144 valence electrons. The molecule has 7 nitrogen and oxygen atoms in total. The first kappa shape index (κ1) is 18.0. The first-order valence-electron chi connectivity index (χ1n) is 9.50. The lowest BCUT2D eigenvalue weighted by molar-refractivity contribution is -0.174. The Morgan fingerprint density at radius 3 is 2.85 bits per heavy atom. The van der Waals surface area contributed by atoms with Crippen LogP contribution in [-0.4, -0.2) is 58.7 Å². The molecule has 2 aromatic rings. The maximum absolute atomic E-state index is 12.8. The number of urea groups is 1. The van der Waals surface area contributed by atoms with Crippen molar-refractivity contribution in [1.82, 2.24) is 14.7 Å². The van der Waals surface area contributed by atoms with E-state index in [-0.39, 0.29) is 17.7 Å². The van der Waals surface area contributed by atoms with Gasteiger partial charge in [0.1, 0.15) is 0 Å². The molecule has 1 aromatic carbocycles.